The van der Waals surface area contributed by atoms with E-state index in [1.807, 2.05) is 58.5 Å². The van der Waals surface area contributed by atoms with Crippen LogP contribution >= 0.6 is 11.3 Å². The molecule has 0 radical (unpaired) electrons. The molecular formula is C21H18N4O2S. The highest BCUT2D eigenvalue weighted by Gasteiger charge is 2.24. The number of nitrogens with zero attached hydrogens (tertiary/aromatic N) is 3. The molecule has 0 unspecified atom stereocenters. The van der Waals surface area contributed by atoms with Crippen molar-refractivity contribution in [3.05, 3.63) is 65.0 Å². The number of rotatable bonds is 4. The van der Waals surface area contributed by atoms with E-state index >= 15 is 0 Å². The predicted molar refractivity (Wildman–Crippen MR) is 108 cm³/mol. The Kier molecular flexibility index (Phi) is 4.29. The van der Waals surface area contributed by atoms with Crippen LogP contribution in [0.5, 0.6) is 5.75 Å². The second kappa shape index (κ2) is 7.09. The highest BCUT2D eigenvalue weighted by atomic mass is 32.1. The highest BCUT2D eigenvalue weighted by Crippen LogP contribution is 2.31. The van der Waals surface area contributed by atoms with Crippen LogP contribution in [0.25, 0.3) is 22.6 Å². The number of para-hydroxylation sites is 3. The maximum absolute atomic E-state index is 12.9. The third kappa shape index (κ3) is 3.03. The van der Waals surface area contributed by atoms with Gasteiger partial charge in [-0.15, -0.1) is 11.3 Å². The van der Waals surface area contributed by atoms with Crippen molar-refractivity contribution in [1.29, 1.82) is 0 Å². The fourth-order valence-electron chi connectivity index (χ4n) is 3.63. The molecule has 0 aliphatic carbocycles. The molecule has 4 aromatic rings. The Labute approximate surface area is 165 Å². The van der Waals surface area contributed by atoms with E-state index in [1.54, 1.807) is 5.51 Å². The first-order valence-electron chi connectivity index (χ1n) is 9.14. The Hall–Kier alpha value is -3.19. The van der Waals surface area contributed by atoms with Gasteiger partial charge in [-0.25, -0.2) is 9.97 Å². The van der Waals surface area contributed by atoms with Crippen LogP contribution in [0.2, 0.25) is 0 Å². The lowest BCUT2D eigenvalue weighted by Crippen LogP contribution is -2.34. The van der Waals surface area contributed by atoms with Gasteiger partial charge in [0.15, 0.2) is 5.82 Å². The van der Waals surface area contributed by atoms with Gasteiger partial charge in [0, 0.05) is 17.4 Å². The second-order valence-electron chi connectivity index (χ2n) is 6.68. The van der Waals surface area contributed by atoms with E-state index in [1.165, 1.54) is 11.3 Å². The van der Waals surface area contributed by atoms with E-state index in [0.29, 0.717) is 12.4 Å². The van der Waals surface area contributed by atoms with Crippen LogP contribution in [0.4, 0.5) is 0 Å². The fraction of sp³-hybridized carbons (Fsp3) is 0.190. The van der Waals surface area contributed by atoms with Crippen LogP contribution in [0.15, 0.2) is 59.4 Å². The van der Waals surface area contributed by atoms with E-state index < -0.39 is 0 Å². The number of fused-ring (bicyclic) bond motifs is 2. The first kappa shape index (κ1) is 16.9. The lowest BCUT2D eigenvalue weighted by molar-refractivity contribution is -0.122. The van der Waals surface area contributed by atoms with Crippen molar-refractivity contribution in [2.75, 3.05) is 6.61 Å². The van der Waals surface area contributed by atoms with Gasteiger partial charge < -0.3 is 14.6 Å². The first-order valence-corrected chi connectivity index (χ1v) is 10.1. The first-order chi connectivity index (χ1) is 13.8. The molecule has 0 saturated heterocycles. The quantitative estimate of drug-likeness (QED) is 0.575. The molecule has 1 aliphatic heterocycles. The molecule has 1 atom stereocenters. The van der Waals surface area contributed by atoms with E-state index in [4.69, 9.17) is 9.72 Å². The number of nitrogens with one attached hydrogen (secondary N) is 1. The van der Waals surface area contributed by atoms with Gasteiger partial charge in [0.1, 0.15) is 18.0 Å². The largest absolute Gasteiger partial charge is 0.493 e. The molecule has 6 nitrogen and oxygen atoms in total. The van der Waals surface area contributed by atoms with Crippen LogP contribution in [0.3, 0.4) is 0 Å². The maximum Gasteiger partial charge on any atom is 0.240 e. The lowest BCUT2D eigenvalue weighted by Gasteiger charge is -2.26. The van der Waals surface area contributed by atoms with Crippen LogP contribution in [0, 0.1) is 0 Å². The predicted octanol–water partition coefficient (Wildman–Crippen LogP) is 3.80. The monoisotopic (exact) mass is 390 g/mol. The normalized spacial score (nSPS) is 15.8. The number of amides is 1. The summed E-state index contributed by atoms with van der Waals surface area (Å²) in [5, 5.41) is 5.11. The Balaban J connectivity index is 1.45. The summed E-state index contributed by atoms with van der Waals surface area (Å²) in [4.78, 5) is 22.0. The van der Waals surface area contributed by atoms with Crippen molar-refractivity contribution in [1.82, 2.24) is 19.9 Å². The average molecular weight is 390 g/mol. The van der Waals surface area contributed by atoms with Crippen molar-refractivity contribution in [3.8, 4) is 17.3 Å². The molecular weight excluding hydrogens is 372 g/mol. The fourth-order valence-corrected chi connectivity index (χ4v) is 4.16. The van der Waals surface area contributed by atoms with Crippen molar-refractivity contribution in [3.63, 3.8) is 0 Å². The molecule has 7 heteroatoms. The van der Waals surface area contributed by atoms with Gasteiger partial charge in [-0.1, -0.05) is 30.3 Å². The summed E-state index contributed by atoms with van der Waals surface area (Å²) in [6, 6.07) is 15.7. The molecule has 0 saturated carbocycles. The number of imidazole rings is 1. The number of hydrogen-bond acceptors (Lipinski definition) is 5. The average Bonchev–Trinajstić information content (AvgIpc) is 3.37. The molecule has 0 bridgehead atoms. The summed E-state index contributed by atoms with van der Waals surface area (Å²) in [5.74, 6) is 1.50. The van der Waals surface area contributed by atoms with Crippen LogP contribution in [0.1, 0.15) is 18.0 Å². The van der Waals surface area contributed by atoms with Gasteiger partial charge in [-0.3, -0.25) is 4.79 Å². The van der Waals surface area contributed by atoms with Crippen LogP contribution in [-0.2, 0) is 11.3 Å². The lowest BCUT2D eigenvalue weighted by atomic mass is 10.0. The molecule has 0 fully saturated rings. The van der Waals surface area contributed by atoms with Gasteiger partial charge in [0.25, 0.3) is 0 Å². The van der Waals surface area contributed by atoms with Gasteiger partial charge in [-0.05, 0) is 18.2 Å². The zero-order valence-electron chi connectivity index (χ0n) is 15.0. The maximum atomic E-state index is 12.9. The summed E-state index contributed by atoms with van der Waals surface area (Å²) in [6.07, 6.45) is 0.756. The zero-order valence-corrected chi connectivity index (χ0v) is 15.9. The van der Waals surface area contributed by atoms with Crippen molar-refractivity contribution in [2.24, 2.45) is 0 Å². The Morgan fingerprint density at radius 1 is 1.21 bits per heavy atom. The third-order valence-electron chi connectivity index (χ3n) is 4.91. The Morgan fingerprint density at radius 2 is 2.07 bits per heavy atom. The summed E-state index contributed by atoms with van der Waals surface area (Å²) >= 11 is 1.51. The SMILES string of the molecule is O=C(Cn1c(-c2cscn2)nc2ccccc21)N[C@H]1CCOc2ccccc21. The Morgan fingerprint density at radius 3 is 2.96 bits per heavy atom. The summed E-state index contributed by atoms with van der Waals surface area (Å²) < 4.78 is 7.63. The van der Waals surface area contributed by atoms with Gasteiger partial charge in [-0.2, -0.15) is 0 Å². The van der Waals surface area contributed by atoms with Gasteiger partial charge in [0.05, 0.1) is 29.2 Å². The van der Waals surface area contributed by atoms with Crippen molar-refractivity contribution < 1.29 is 9.53 Å². The second-order valence-corrected chi connectivity index (χ2v) is 7.40. The smallest absolute Gasteiger partial charge is 0.240 e. The summed E-state index contributed by atoms with van der Waals surface area (Å²) in [6.45, 7) is 0.785. The molecule has 0 spiro atoms. The standard InChI is InChI=1S/C21H18N4O2S/c26-20(23-15-9-10-27-19-8-4-1-5-14(15)19)11-25-18-7-3-2-6-16(18)24-21(25)17-12-28-13-22-17/h1-8,12-13,15H,9-11H2,(H,23,26)/t15-/m0/s1. The summed E-state index contributed by atoms with van der Waals surface area (Å²) in [5.41, 5.74) is 5.36. The minimum Gasteiger partial charge on any atom is -0.493 e. The van der Waals surface area contributed by atoms with Crippen molar-refractivity contribution >= 4 is 28.3 Å². The Bertz CT molecular complexity index is 1140. The van der Waals surface area contributed by atoms with Gasteiger partial charge >= 0.3 is 0 Å². The molecule has 1 amide bonds. The number of hydrogen-bond donors (Lipinski definition) is 1. The molecule has 140 valence electrons. The van der Waals surface area contributed by atoms with Crippen LogP contribution < -0.4 is 10.1 Å². The zero-order chi connectivity index (χ0) is 18.9. The third-order valence-corrected chi connectivity index (χ3v) is 5.50. The highest BCUT2D eigenvalue weighted by molar-refractivity contribution is 7.07. The summed E-state index contributed by atoms with van der Waals surface area (Å²) in [7, 11) is 0. The number of carbonyl (C=O) groups excluding carboxylic acids is 1. The van der Waals surface area contributed by atoms with Crippen molar-refractivity contribution in [2.45, 2.75) is 19.0 Å². The number of carbonyl (C=O) groups is 1. The molecule has 28 heavy (non-hydrogen) atoms. The number of ether oxygens (including phenoxy) is 1. The van der Waals surface area contributed by atoms with Crippen LogP contribution in [-0.4, -0.2) is 27.0 Å². The molecule has 1 aliphatic rings. The molecule has 2 aromatic carbocycles. The van der Waals surface area contributed by atoms with E-state index in [0.717, 1.165) is 34.5 Å². The molecule has 3 heterocycles. The van der Waals surface area contributed by atoms with E-state index in [9.17, 15) is 4.79 Å². The number of aromatic nitrogens is 3. The minimum absolute atomic E-state index is 0.0463. The van der Waals surface area contributed by atoms with Gasteiger partial charge in [0.2, 0.25) is 5.91 Å². The topological polar surface area (TPSA) is 69.0 Å². The molecule has 5 rings (SSSR count). The minimum atomic E-state index is -0.0543. The van der Waals surface area contributed by atoms with E-state index in [-0.39, 0.29) is 18.5 Å². The molecule has 2 aromatic heterocycles. The number of thiazole rings is 1. The molecule has 1 N–H and O–H groups in total. The number of benzene rings is 2. The van der Waals surface area contributed by atoms with E-state index in [2.05, 4.69) is 10.3 Å².